The number of rotatable bonds is 5. The predicted molar refractivity (Wildman–Crippen MR) is 104 cm³/mol. The van der Waals surface area contributed by atoms with Crippen LogP contribution < -0.4 is 10.1 Å². The average molecular weight is 369 g/mol. The first kappa shape index (κ1) is 17.9. The summed E-state index contributed by atoms with van der Waals surface area (Å²) in [6, 6.07) is 8.05. The van der Waals surface area contributed by atoms with E-state index in [9.17, 15) is 9.59 Å². The van der Waals surface area contributed by atoms with Gasteiger partial charge in [0.1, 0.15) is 11.4 Å². The van der Waals surface area contributed by atoms with Crippen LogP contribution in [0.5, 0.6) is 5.75 Å². The van der Waals surface area contributed by atoms with Gasteiger partial charge in [-0.3, -0.25) is 9.59 Å². The minimum Gasteiger partial charge on any atom is -0.497 e. The number of aromatic amines is 1. The van der Waals surface area contributed by atoms with Crippen LogP contribution in [0.2, 0.25) is 0 Å². The molecule has 2 N–H and O–H groups in total. The molecule has 0 bridgehead atoms. The number of carbonyl (C=O) groups excluding carboxylic acids is 2. The summed E-state index contributed by atoms with van der Waals surface area (Å²) in [5.41, 5.74) is 1.51. The molecule has 4 rings (SSSR count). The number of H-pyrrole nitrogens is 1. The number of benzene rings is 1. The normalized spacial score (nSPS) is 19.1. The molecule has 0 spiro atoms. The first-order valence-electron chi connectivity index (χ1n) is 9.81. The number of piperidine rings is 1. The number of aromatic nitrogens is 1. The van der Waals surface area contributed by atoms with Gasteiger partial charge in [0.05, 0.1) is 7.11 Å². The minimum atomic E-state index is 0.0170. The summed E-state index contributed by atoms with van der Waals surface area (Å²) in [4.78, 5) is 30.3. The number of methoxy groups -OCH3 is 1. The number of ether oxygens (including phenoxy) is 1. The Balaban J connectivity index is 1.37. The Kier molecular flexibility index (Phi) is 4.81. The van der Waals surface area contributed by atoms with Crippen molar-refractivity contribution in [1.29, 1.82) is 0 Å². The van der Waals surface area contributed by atoms with Gasteiger partial charge in [0.25, 0.3) is 5.91 Å². The zero-order chi connectivity index (χ0) is 19.0. The summed E-state index contributed by atoms with van der Waals surface area (Å²) in [6.07, 6.45) is 3.97. The Morgan fingerprint density at radius 2 is 1.93 bits per heavy atom. The molecule has 1 aliphatic heterocycles. The molecule has 27 heavy (non-hydrogen) atoms. The average Bonchev–Trinajstić information content (AvgIpc) is 3.41. The Morgan fingerprint density at radius 1 is 1.19 bits per heavy atom. The van der Waals surface area contributed by atoms with E-state index in [1.807, 2.05) is 36.1 Å². The van der Waals surface area contributed by atoms with Crippen molar-refractivity contribution in [2.45, 2.75) is 38.6 Å². The Bertz CT molecular complexity index is 847. The molecule has 2 heterocycles. The van der Waals surface area contributed by atoms with Gasteiger partial charge in [0.2, 0.25) is 5.91 Å². The zero-order valence-electron chi connectivity index (χ0n) is 16.0. The number of nitrogens with zero attached hydrogens (tertiary/aromatic N) is 1. The summed E-state index contributed by atoms with van der Waals surface area (Å²) in [6.45, 7) is 3.41. The van der Waals surface area contributed by atoms with Gasteiger partial charge in [-0.1, -0.05) is 6.92 Å². The number of amides is 2. The summed E-state index contributed by atoms with van der Waals surface area (Å²) < 4.78 is 5.24. The van der Waals surface area contributed by atoms with E-state index in [1.165, 1.54) is 0 Å². The molecule has 6 heteroatoms. The van der Waals surface area contributed by atoms with Gasteiger partial charge >= 0.3 is 0 Å². The Morgan fingerprint density at radius 3 is 2.59 bits per heavy atom. The van der Waals surface area contributed by atoms with Gasteiger partial charge < -0.3 is 19.9 Å². The molecule has 6 nitrogen and oxygen atoms in total. The number of hydrogen-bond acceptors (Lipinski definition) is 3. The highest BCUT2D eigenvalue weighted by Crippen LogP contribution is 2.28. The monoisotopic (exact) mass is 369 g/mol. The second-order valence-corrected chi connectivity index (χ2v) is 7.84. The molecule has 1 unspecified atom stereocenters. The van der Waals surface area contributed by atoms with Crippen molar-refractivity contribution in [3.63, 3.8) is 0 Å². The summed E-state index contributed by atoms with van der Waals surface area (Å²) >= 11 is 0. The highest BCUT2D eigenvalue weighted by atomic mass is 16.5. The summed E-state index contributed by atoms with van der Waals surface area (Å²) in [5.74, 6) is 1.33. The molecule has 1 aliphatic carbocycles. The van der Waals surface area contributed by atoms with Gasteiger partial charge in [0.15, 0.2) is 0 Å². The highest BCUT2D eigenvalue weighted by molar-refractivity contribution is 5.98. The number of nitrogens with one attached hydrogen (secondary N) is 2. The van der Waals surface area contributed by atoms with Crippen LogP contribution in [0.4, 0.5) is 0 Å². The number of carbonyl (C=O) groups is 2. The molecule has 1 atom stereocenters. The smallest absolute Gasteiger partial charge is 0.270 e. The van der Waals surface area contributed by atoms with Crippen LogP contribution in [0.1, 0.15) is 43.1 Å². The lowest BCUT2D eigenvalue weighted by Crippen LogP contribution is -2.43. The van der Waals surface area contributed by atoms with Crippen molar-refractivity contribution < 1.29 is 14.3 Å². The molecular weight excluding hydrogens is 342 g/mol. The van der Waals surface area contributed by atoms with E-state index in [0.717, 1.165) is 42.3 Å². The van der Waals surface area contributed by atoms with Gasteiger partial charge in [-0.15, -0.1) is 0 Å². The molecule has 2 aliphatic rings. The minimum absolute atomic E-state index is 0.0170. The highest BCUT2D eigenvalue weighted by Gasteiger charge is 2.32. The molecule has 2 amide bonds. The van der Waals surface area contributed by atoms with Crippen molar-refractivity contribution >= 4 is 22.7 Å². The zero-order valence-corrected chi connectivity index (χ0v) is 16.0. The third-order valence-corrected chi connectivity index (χ3v) is 5.93. The van der Waals surface area contributed by atoms with Crippen molar-refractivity contribution in [2.24, 2.45) is 11.8 Å². The third-order valence-electron chi connectivity index (χ3n) is 5.93. The van der Waals surface area contributed by atoms with E-state index in [0.29, 0.717) is 30.7 Å². The fourth-order valence-electron chi connectivity index (χ4n) is 3.90. The molecule has 1 saturated carbocycles. The van der Waals surface area contributed by atoms with Crippen LogP contribution >= 0.6 is 0 Å². The first-order chi connectivity index (χ1) is 13.0. The van der Waals surface area contributed by atoms with E-state index >= 15 is 0 Å². The third kappa shape index (κ3) is 3.80. The van der Waals surface area contributed by atoms with Gasteiger partial charge in [-0.05, 0) is 49.8 Å². The lowest BCUT2D eigenvalue weighted by molar-refractivity contribution is -0.126. The lowest BCUT2D eigenvalue weighted by atomic mass is 9.84. The van der Waals surface area contributed by atoms with E-state index in [4.69, 9.17) is 4.74 Å². The van der Waals surface area contributed by atoms with E-state index in [2.05, 4.69) is 10.3 Å². The maximum Gasteiger partial charge on any atom is 0.270 e. The van der Waals surface area contributed by atoms with E-state index in [1.54, 1.807) is 7.11 Å². The van der Waals surface area contributed by atoms with E-state index in [-0.39, 0.29) is 17.7 Å². The molecule has 2 aromatic rings. The first-order valence-corrected chi connectivity index (χ1v) is 9.81. The standard InChI is InChI=1S/C21H27N3O3/c1-13(20(25)22-16-4-5-16)14-7-9-24(10-8-14)21(26)19-11-15-3-6-17(27-2)12-18(15)23-19/h3,6,11-14,16,23H,4-5,7-10H2,1-2H3,(H,22,25). The fourth-order valence-corrected chi connectivity index (χ4v) is 3.90. The molecule has 2 fully saturated rings. The van der Waals surface area contributed by atoms with Crippen LogP contribution in [-0.2, 0) is 4.79 Å². The maximum atomic E-state index is 12.9. The second-order valence-electron chi connectivity index (χ2n) is 7.84. The second kappa shape index (κ2) is 7.25. The fraction of sp³-hybridized carbons (Fsp3) is 0.524. The quantitative estimate of drug-likeness (QED) is 0.851. The molecule has 0 radical (unpaired) electrons. The topological polar surface area (TPSA) is 74.4 Å². The van der Waals surface area contributed by atoms with Gasteiger partial charge in [-0.2, -0.15) is 0 Å². The van der Waals surface area contributed by atoms with Gasteiger partial charge in [0, 0.05) is 42.0 Å². The number of hydrogen-bond donors (Lipinski definition) is 2. The molecule has 144 valence electrons. The van der Waals surface area contributed by atoms with Gasteiger partial charge in [-0.25, -0.2) is 0 Å². The van der Waals surface area contributed by atoms with Crippen LogP contribution in [0.25, 0.3) is 10.9 Å². The van der Waals surface area contributed by atoms with Crippen LogP contribution in [0, 0.1) is 11.8 Å². The number of fused-ring (bicyclic) bond motifs is 1. The molecule has 1 aromatic heterocycles. The Labute approximate surface area is 159 Å². The maximum absolute atomic E-state index is 12.9. The van der Waals surface area contributed by atoms with Crippen molar-refractivity contribution in [3.05, 3.63) is 30.0 Å². The van der Waals surface area contributed by atoms with Crippen molar-refractivity contribution in [2.75, 3.05) is 20.2 Å². The number of likely N-dealkylation sites (tertiary alicyclic amines) is 1. The summed E-state index contributed by atoms with van der Waals surface area (Å²) in [5, 5.41) is 4.10. The van der Waals surface area contributed by atoms with E-state index < -0.39 is 0 Å². The van der Waals surface area contributed by atoms with Crippen LogP contribution in [0.15, 0.2) is 24.3 Å². The largest absolute Gasteiger partial charge is 0.497 e. The SMILES string of the molecule is COc1ccc2cc(C(=O)N3CCC(C(C)C(=O)NC4CC4)CC3)[nH]c2c1. The van der Waals surface area contributed by atoms with Crippen LogP contribution in [-0.4, -0.2) is 47.9 Å². The Hall–Kier alpha value is -2.50. The van der Waals surface area contributed by atoms with Crippen LogP contribution in [0.3, 0.4) is 0 Å². The predicted octanol–water partition coefficient (Wildman–Crippen LogP) is 2.94. The summed E-state index contributed by atoms with van der Waals surface area (Å²) in [7, 11) is 1.63. The molecule has 1 saturated heterocycles. The lowest BCUT2D eigenvalue weighted by Gasteiger charge is -2.34. The molecular formula is C21H27N3O3. The molecule has 1 aromatic carbocycles. The van der Waals surface area contributed by atoms with Crippen molar-refractivity contribution in [3.8, 4) is 5.75 Å². The van der Waals surface area contributed by atoms with Crippen molar-refractivity contribution in [1.82, 2.24) is 15.2 Å².